The third kappa shape index (κ3) is 4.71. The van der Waals surface area contributed by atoms with E-state index in [2.05, 4.69) is 30.4 Å². The van der Waals surface area contributed by atoms with Crippen molar-refractivity contribution in [2.75, 3.05) is 31.2 Å². The number of ether oxygens (including phenoxy) is 2. The molecule has 1 aromatic carbocycles. The number of tetrazole rings is 1. The van der Waals surface area contributed by atoms with Gasteiger partial charge in [-0.25, -0.2) is 4.85 Å². The molecule has 1 unspecified atom stereocenters. The quantitative estimate of drug-likeness (QED) is 0.396. The Kier molecular flexibility index (Phi) is 6.91. The molecule has 2 aromatic heterocycles. The van der Waals surface area contributed by atoms with Crippen LogP contribution in [-0.4, -0.2) is 59.0 Å². The standard InChI is InChI=1S/C20H18Cl2N6O3S/c1-11(29)30-7-5-13-10-28(6-8-31-13)20-17(23-2)16(14-4-3-12(21)9-15(14)22)18(32-20)19-24-26-27-25-19/h3-4,9,13H,5-8,10H2,1H3,(H,24,25,26,27). The molecule has 3 heterocycles. The van der Waals surface area contributed by atoms with Crippen molar-refractivity contribution in [1.82, 2.24) is 20.6 Å². The van der Waals surface area contributed by atoms with E-state index in [-0.39, 0.29) is 18.7 Å². The molecular weight excluding hydrogens is 475 g/mol. The number of carbonyl (C=O) groups excluding carboxylic acids is 1. The minimum Gasteiger partial charge on any atom is -0.466 e. The zero-order valence-electron chi connectivity index (χ0n) is 17.0. The lowest BCUT2D eigenvalue weighted by Crippen LogP contribution is -2.42. The van der Waals surface area contributed by atoms with Gasteiger partial charge in [0.05, 0.1) is 35.8 Å². The summed E-state index contributed by atoms with van der Waals surface area (Å²) >= 11 is 14.0. The number of nitrogens with one attached hydrogen (secondary N) is 1. The summed E-state index contributed by atoms with van der Waals surface area (Å²) in [7, 11) is 0. The van der Waals surface area contributed by atoms with Gasteiger partial charge in [-0.3, -0.25) is 4.79 Å². The Morgan fingerprint density at radius 3 is 3.00 bits per heavy atom. The Bertz CT molecular complexity index is 1160. The Balaban J connectivity index is 1.73. The van der Waals surface area contributed by atoms with Gasteiger partial charge in [-0.2, -0.15) is 5.21 Å². The molecule has 1 N–H and O–H groups in total. The summed E-state index contributed by atoms with van der Waals surface area (Å²) in [6.45, 7) is 11.3. The molecule has 0 aliphatic carbocycles. The van der Waals surface area contributed by atoms with Gasteiger partial charge < -0.3 is 14.4 Å². The number of nitrogens with zero attached hydrogens (tertiary/aromatic N) is 5. The molecule has 0 spiro atoms. The van der Waals surface area contributed by atoms with Gasteiger partial charge in [-0.05, 0) is 22.9 Å². The number of rotatable bonds is 6. The van der Waals surface area contributed by atoms with Crippen LogP contribution in [0.2, 0.25) is 10.0 Å². The Labute approximate surface area is 198 Å². The third-order valence-corrected chi connectivity index (χ3v) is 6.68. The number of halogens is 2. The summed E-state index contributed by atoms with van der Waals surface area (Å²) in [5.74, 6) is 0.0623. The zero-order valence-corrected chi connectivity index (χ0v) is 19.3. The lowest BCUT2D eigenvalue weighted by Gasteiger charge is -2.34. The van der Waals surface area contributed by atoms with Gasteiger partial charge in [0.25, 0.3) is 0 Å². The number of hydrogen-bond acceptors (Lipinski definition) is 8. The highest BCUT2D eigenvalue weighted by Gasteiger charge is 2.30. The molecule has 9 nitrogen and oxygen atoms in total. The summed E-state index contributed by atoms with van der Waals surface area (Å²) in [6.07, 6.45) is 0.447. The molecule has 1 aliphatic heterocycles. The number of esters is 1. The number of carbonyl (C=O) groups is 1. The third-order valence-electron chi connectivity index (χ3n) is 4.90. The van der Waals surface area contributed by atoms with E-state index in [4.69, 9.17) is 39.2 Å². The van der Waals surface area contributed by atoms with E-state index in [0.29, 0.717) is 63.7 Å². The number of anilines is 1. The van der Waals surface area contributed by atoms with Gasteiger partial charge in [0.2, 0.25) is 11.5 Å². The van der Waals surface area contributed by atoms with Crippen LogP contribution in [-0.2, 0) is 14.3 Å². The largest absolute Gasteiger partial charge is 0.466 e. The van der Waals surface area contributed by atoms with Crippen LogP contribution in [0.1, 0.15) is 13.3 Å². The lowest BCUT2D eigenvalue weighted by atomic mass is 10.0. The molecular formula is C20H18Cl2N6O3S. The van der Waals surface area contributed by atoms with E-state index in [1.54, 1.807) is 18.2 Å². The van der Waals surface area contributed by atoms with Crippen LogP contribution in [0.4, 0.5) is 10.7 Å². The van der Waals surface area contributed by atoms with Crippen molar-refractivity contribution in [2.45, 2.75) is 19.4 Å². The van der Waals surface area contributed by atoms with Gasteiger partial charge in [-0.1, -0.05) is 29.3 Å². The smallest absolute Gasteiger partial charge is 0.302 e. The number of hydrogen-bond donors (Lipinski definition) is 1. The van der Waals surface area contributed by atoms with E-state index in [1.807, 2.05) is 0 Å². The molecule has 1 saturated heterocycles. The van der Waals surface area contributed by atoms with Crippen molar-refractivity contribution in [1.29, 1.82) is 0 Å². The Hall–Kier alpha value is -2.71. The fourth-order valence-electron chi connectivity index (χ4n) is 3.50. The lowest BCUT2D eigenvalue weighted by molar-refractivity contribution is -0.141. The van der Waals surface area contributed by atoms with Crippen molar-refractivity contribution < 1.29 is 14.3 Å². The average molecular weight is 493 g/mol. The van der Waals surface area contributed by atoms with Gasteiger partial charge in [0.1, 0.15) is 0 Å². The van der Waals surface area contributed by atoms with Crippen LogP contribution < -0.4 is 4.90 Å². The molecule has 166 valence electrons. The van der Waals surface area contributed by atoms with E-state index in [1.165, 1.54) is 18.3 Å². The fourth-order valence-corrected chi connectivity index (χ4v) is 5.22. The van der Waals surface area contributed by atoms with Crippen LogP contribution in [0.5, 0.6) is 0 Å². The van der Waals surface area contributed by atoms with Crippen LogP contribution in [0.3, 0.4) is 0 Å². The van der Waals surface area contributed by atoms with Crippen LogP contribution >= 0.6 is 34.5 Å². The first-order chi connectivity index (χ1) is 15.5. The highest BCUT2D eigenvalue weighted by Crippen LogP contribution is 2.53. The zero-order chi connectivity index (χ0) is 22.7. The number of aromatic amines is 1. The molecule has 0 radical (unpaired) electrons. The van der Waals surface area contributed by atoms with Crippen molar-refractivity contribution in [3.63, 3.8) is 0 Å². The molecule has 0 amide bonds. The monoisotopic (exact) mass is 492 g/mol. The summed E-state index contributed by atoms with van der Waals surface area (Å²) in [5.41, 5.74) is 1.77. The normalized spacial score (nSPS) is 16.1. The number of benzene rings is 1. The van der Waals surface area contributed by atoms with E-state index in [0.717, 1.165) is 5.00 Å². The molecule has 4 rings (SSSR count). The minimum absolute atomic E-state index is 0.125. The SMILES string of the molecule is [C-]#[N+]c1c(N2CCOC(CCOC(C)=O)C2)sc(-c2nn[nH]n2)c1-c1ccc(Cl)cc1Cl. The van der Waals surface area contributed by atoms with E-state index < -0.39 is 0 Å². The molecule has 1 atom stereocenters. The molecule has 0 bridgehead atoms. The molecule has 32 heavy (non-hydrogen) atoms. The first-order valence-corrected chi connectivity index (χ1v) is 11.3. The summed E-state index contributed by atoms with van der Waals surface area (Å²) in [4.78, 5) is 17.7. The number of morpholine rings is 1. The first kappa shape index (κ1) is 22.5. The molecule has 1 aliphatic rings. The number of aromatic nitrogens is 4. The van der Waals surface area contributed by atoms with Gasteiger partial charge >= 0.3 is 5.97 Å². The predicted octanol–water partition coefficient (Wildman–Crippen LogP) is 4.61. The maximum absolute atomic E-state index is 11.0. The van der Waals surface area contributed by atoms with Gasteiger partial charge in [0.15, 0.2) is 0 Å². The van der Waals surface area contributed by atoms with Crippen molar-refractivity contribution >= 4 is 51.2 Å². The Morgan fingerprint density at radius 2 is 2.31 bits per heavy atom. The number of thiophene rings is 1. The second-order valence-corrected chi connectivity index (χ2v) is 8.84. The summed E-state index contributed by atoms with van der Waals surface area (Å²) < 4.78 is 10.9. The second-order valence-electron chi connectivity index (χ2n) is 7.00. The minimum atomic E-state index is -0.319. The van der Waals surface area contributed by atoms with Crippen LogP contribution in [0.15, 0.2) is 18.2 Å². The molecule has 12 heteroatoms. The predicted molar refractivity (Wildman–Crippen MR) is 122 cm³/mol. The Morgan fingerprint density at radius 1 is 1.47 bits per heavy atom. The van der Waals surface area contributed by atoms with Crippen molar-refractivity contribution in [3.8, 4) is 21.8 Å². The van der Waals surface area contributed by atoms with E-state index in [9.17, 15) is 4.79 Å². The van der Waals surface area contributed by atoms with Gasteiger partial charge in [0, 0.05) is 42.0 Å². The average Bonchev–Trinajstić information content (AvgIpc) is 3.41. The van der Waals surface area contributed by atoms with Crippen LogP contribution in [0, 0.1) is 6.57 Å². The topological polar surface area (TPSA) is 97.6 Å². The summed E-state index contributed by atoms with van der Waals surface area (Å²) in [5, 5.41) is 16.1. The maximum Gasteiger partial charge on any atom is 0.302 e. The van der Waals surface area contributed by atoms with Crippen LogP contribution in [0.25, 0.3) is 26.7 Å². The number of H-pyrrole nitrogens is 1. The van der Waals surface area contributed by atoms with Gasteiger partial charge in [-0.15, -0.1) is 21.5 Å². The first-order valence-electron chi connectivity index (χ1n) is 9.71. The second kappa shape index (κ2) is 9.83. The molecule has 1 fully saturated rings. The molecule has 3 aromatic rings. The fraction of sp³-hybridized carbons (Fsp3) is 0.350. The van der Waals surface area contributed by atoms with Crippen molar-refractivity contribution in [2.24, 2.45) is 0 Å². The van der Waals surface area contributed by atoms with E-state index >= 15 is 0 Å². The highest BCUT2D eigenvalue weighted by molar-refractivity contribution is 7.20. The van der Waals surface area contributed by atoms with Crippen molar-refractivity contribution in [3.05, 3.63) is 39.7 Å². The highest BCUT2D eigenvalue weighted by atomic mass is 35.5. The maximum atomic E-state index is 11.0. The summed E-state index contributed by atoms with van der Waals surface area (Å²) in [6, 6.07) is 5.16. The molecule has 0 saturated carbocycles.